The van der Waals surface area contributed by atoms with Crippen molar-refractivity contribution in [2.75, 3.05) is 18.1 Å². The number of aliphatic hydroxyl groups is 1. The van der Waals surface area contributed by atoms with E-state index in [9.17, 15) is 5.11 Å². The first-order valence-corrected chi connectivity index (χ1v) is 6.39. The van der Waals surface area contributed by atoms with Crippen LogP contribution in [0.1, 0.15) is 32.3 Å². The summed E-state index contributed by atoms with van der Waals surface area (Å²) in [6, 6.07) is 0.200. The smallest absolute Gasteiger partial charge is 0.225 e. The third-order valence-corrected chi connectivity index (χ3v) is 3.18. The molecule has 94 valence electrons. The van der Waals surface area contributed by atoms with Crippen molar-refractivity contribution in [1.82, 2.24) is 9.97 Å². The van der Waals surface area contributed by atoms with E-state index >= 15 is 0 Å². The van der Waals surface area contributed by atoms with Crippen LogP contribution in [-0.2, 0) is 6.42 Å². The van der Waals surface area contributed by atoms with E-state index in [2.05, 4.69) is 28.7 Å². The van der Waals surface area contributed by atoms with E-state index in [1.54, 1.807) is 0 Å². The van der Waals surface area contributed by atoms with Gasteiger partial charge in [0.15, 0.2) is 0 Å². The Labute approximate surface area is 103 Å². The second-order valence-electron chi connectivity index (χ2n) is 5.16. The molecule has 4 nitrogen and oxygen atoms in total. The zero-order valence-corrected chi connectivity index (χ0v) is 10.6. The van der Waals surface area contributed by atoms with Gasteiger partial charge in [-0.3, -0.25) is 0 Å². The summed E-state index contributed by atoms with van der Waals surface area (Å²) in [5.41, 5.74) is 1.18. The molecule has 0 bridgehead atoms. The summed E-state index contributed by atoms with van der Waals surface area (Å²) in [5.74, 6) is 1.38. The molecule has 1 unspecified atom stereocenters. The average molecular weight is 235 g/mol. The van der Waals surface area contributed by atoms with Gasteiger partial charge in [-0.25, -0.2) is 9.97 Å². The highest BCUT2D eigenvalue weighted by atomic mass is 16.3. The number of anilines is 1. The molecule has 1 aromatic heterocycles. The molecule has 0 amide bonds. The molecule has 1 saturated heterocycles. The fraction of sp³-hybridized carbons (Fsp3) is 0.692. The van der Waals surface area contributed by atoms with Crippen molar-refractivity contribution < 1.29 is 5.11 Å². The highest BCUT2D eigenvalue weighted by Crippen LogP contribution is 2.21. The molecular weight excluding hydrogens is 214 g/mol. The van der Waals surface area contributed by atoms with E-state index in [-0.39, 0.29) is 12.6 Å². The number of rotatable bonds is 4. The highest BCUT2D eigenvalue weighted by Gasteiger charge is 2.25. The third kappa shape index (κ3) is 2.94. The molecule has 4 heteroatoms. The summed E-state index contributed by atoms with van der Waals surface area (Å²) in [5, 5.41) is 9.27. The van der Waals surface area contributed by atoms with Crippen LogP contribution in [0.5, 0.6) is 0 Å². The van der Waals surface area contributed by atoms with Crippen molar-refractivity contribution in [3.8, 4) is 0 Å². The number of nitrogens with zero attached hydrogens (tertiary/aromatic N) is 3. The Morgan fingerprint density at radius 3 is 2.71 bits per heavy atom. The molecule has 0 saturated carbocycles. The van der Waals surface area contributed by atoms with Crippen LogP contribution in [0.2, 0.25) is 0 Å². The highest BCUT2D eigenvalue weighted by molar-refractivity contribution is 5.33. The van der Waals surface area contributed by atoms with Gasteiger partial charge < -0.3 is 10.0 Å². The second kappa shape index (κ2) is 5.45. The molecule has 2 rings (SSSR count). The maximum absolute atomic E-state index is 9.27. The quantitative estimate of drug-likeness (QED) is 0.862. The molecule has 17 heavy (non-hydrogen) atoms. The maximum atomic E-state index is 9.27. The van der Waals surface area contributed by atoms with Crippen molar-refractivity contribution in [2.45, 2.75) is 39.2 Å². The average Bonchev–Trinajstić information content (AvgIpc) is 2.77. The standard InChI is InChI=1S/C13H21N3O/c1-10(2)6-11-7-14-13(15-8-11)16-5-3-4-12(16)9-17/h7-8,10,12,17H,3-6,9H2,1-2H3. The Morgan fingerprint density at radius 1 is 1.41 bits per heavy atom. The van der Waals surface area contributed by atoms with Gasteiger partial charge in [0.05, 0.1) is 12.6 Å². The van der Waals surface area contributed by atoms with Gasteiger partial charge in [-0.2, -0.15) is 0 Å². The molecule has 0 radical (unpaired) electrons. The van der Waals surface area contributed by atoms with Gasteiger partial charge in [-0.1, -0.05) is 13.8 Å². The predicted octanol–water partition coefficient (Wildman–Crippen LogP) is 1.64. The maximum Gasteiger partial charge on any atom is 0.225 e. The fourth-order valence-corrected chi connectivity index (χ4v) is 2.36. The normalized spacial score (nSPS) is 20.2. The molecule has 1 aromatic rings. The Balaban J connectivity index is 2.07. The van der Waals surface area contributed by atoms with Crippen molar-refractivity contribution in [1.29, 1.82) is 0 Å². The zero-order chi connectivity index (χ0) is 12.3. The van der Waals surface area contributed by atoms with Crippen LogP contribution < -0.4 is 4.90 Å². The van der Waals surface area contributed by atoms with Gasteiger partial charge in [-0.05, 0) is 30.7 Å². The Kier molecular flexibility index (Phi) is 3.94. The van der Waals surface area contributed by atoms with Gasteiger partial charge in [-0.15, -0.1) is 0 Å². The molecule has 0 aromatic carbocycles. The Bertz CT molecular complexity index is 350. The van der Waals surface area contributed by atoms with Crippen LogP contribution in [0.3, 0.4) is 0 Å². The first-order valence-electron chi connectivity index (χ1n) is 6.39. The molecule has 1 aliphatic heterocycles. The van der Waals surface area contributed by atoms with Crippen LogP contribution in [-0.4, -0.2) is 34.3 Å². The Morgan fingerprint density at radius 2 is 2.12 bits per heavy atom. The van der Waals surface area contributed by atoms with E-state index in [0.29, 0.717) is 5.92 Å². The minimum Gasteiger partial charge on any atom is -0.394 e. The molecule has 1 atom stereocenters. The summed E-state index contributed by atoms with van der Waals surface area (Å²) in [7, 11) is 0. The predicted molar refractivity (Wildman–Crippen MR) is 68.0 cm³/mol. The number of aliphatic hydroxyl groups excluding tert-OH is 1. The van der Waals surface area contributed by atoms with Crippen LogP contribution in [0.25, 0.3) is 0 Å². The van der Waals surface area contributed by atoms with Gasteiger partial charge in [0.25, 0.3) is 0 Å². The summed E-state index contributed by atoms with van der Waals surface area (Å²) in [4.78, 5) is 10.9. The summed E-state index contributed by atoms with van der Waals surface area (Å²) in [6.07, 6.45) is 6.99. The van der Waals surface area contributed by atoms with Crippen molar-refractivity contribution in [3.63, 3.8) is 0 Å². The summed E-state index contributed by atoms with van der Waals surface area (Å²) >= 11 is 0. The monoisotopic (exact) mass is 235 g/mol. The largest absolute Gasteiger partial charge is 0.394 e. The third-order valence-electron chi connectivity index (χ3n) is 3.18. The van der Waals surface area contributed by atoms with Gasteiger partial charge in [0.2, 0.25) is 5.95 Å². The minimum absolute atomic E-state index is 0.192. The number of hydrogen-bond acceptors (Lipinski definition) is 4. The minimum atomic E-state index is 0.192. The van der Waals surface area contributed by atoms with Gasteiger partial charge in [0, 0.05) is 18.9 Å². The van der Waals surface area contributed by atoms with E-state index in [1.807, 2.05) is 12.4 Å². The topological polar surface area (TPSA) is 49.2 Å². The van der Waals surface area contributed by atoms with Crippen LogP contribution in [0.4, 0.5) is 5.95 Å². The van der Waals surface area contributed by atoms with Gasteiger partial charge in [0.1, 0.15) is 0 Å². The van der Waals surface area contributed by atoms with Crippen molar-refractivity contribution >= 4 is 5.95 Å². The zero-order valence-electron chi connectivity index (χ0n) is 10.6. The lowest BCUT2D eigenvalue weighted by molar-refractivity contribution is 0.265. The SMILES string of the molecule is CC(C)Cc1cnc(N2CCCC2CO)nc1. The first-order chi connectivity index (χ1) is 8.20. The molecule has 2 heterocycles. The number of hydrogen-bond donors (Lipinski definition) is 1. The molecular formula is C13H21N3O. The van der Waals surface area contributed by atoms with Crippen LogP contribution in [0, 0.1) is 5.92 Å². The molecule has 1 aliphatic rings. The second-order valence-corrected chi connectivity index (χ2v) is 5.16. The van der Waals surface area contributed by atoms with E-state index in [4.69, 9.17) is 0 Å². The van der Waals surface area contributed by atoms with E-state index in [1.165, 1.54) is 5.56 Å². The molecule has 1 fully saturated rings. The molecule has 0 aliphatic carbocycles. The Hall–Kier alpha value is -1.16. The van der Waals surface area contributed by atoms with Crippen LogP contribution in [0.15, 0.2) is 12.4 Å². The van der Waals surface area contributed by atoms with Crippen molar-refractivity contribution in [2.24, 2.45) is 5.92 Å². The summed E-state index contributed by atoms with van der Waals surface area (Å²) in [6.45, 7) is 5.53. The summed E-state index contributed by atoms with van der Waals surface area (Å²) < 4.78 is 0. The lowest BCUT2D eigenvalue weighted by atomic mass is 10.1. The first kappa shape index (κ1) is 12.3. The van der Waals surface area contributed by atoms with Gasteiger partial charge >= 0.3 is 0 Å². The molecule has 1 N–H and O–H groups in total. The lowest BCUT2D eigenvalue weighted by Crippen LogP contribution is -2.33. The number of aromatic nitrogens is 2. The van der Waals surface area contributed by atoms with Crippen LogP contribution >= 0.6 is 0 Å². The van der Waals surface area contributed by atoms with E-state index < -0.39 is 0 Å². The van der Waals surface area contributed by atoms with E-state index in [0.717, 1.165) is 31.8 Å². The lowest BCUT2D eigenvalue weighted by Gasteiger charge is -2.22. The fourth-order valence-electron chi connectivity index (χ4n) is 2.36. The molecule has 0 spiro atoms. The van der Waals surface area contributed by atoms with Crippen molar-refractivity contribution in [3.05, 3.63) is 18.0 Å².